The minimum atomic E-state index is -0.409. The molecule has 0 aromatic carbocycles. The molecule has 4 nitrogen and oxygen atoms in total. The molecule has 0 spiro atoms. The van der Waals surface area contributed by atoms with Gasteiger partial charge in [0.2, 0.25) is 0 Å². The number of rotatable bonds is 7. The first-order chi connectivity index (χ1) is 10.2. The Morgan fingerprint density at radius 3 is 2.55 bits per heavy atom. The van der Waals surface area contributed by atoms with Crippen LogP contribution >= 0.6 is 0 Å². The van der Waals surface area contributed by atoms with Crippen LogP contribution < -0.4 is 5.32 Å². The minimum absolute atomic E-state index is 0.160. The maximum atomic E-state index is 12.2. The largest absolute Gasteiger partial charge is 0.444 e. The molecular weight excluding hydrogens is 276 g/mol. The molecule has 0 aliphatic carbocycles. The Kier molecular flexibility index (Phi) is 7.67. The summed E-state index contributed by atoms with van der Waals surface area (Å²) in [5.74, 6) is 1.32. The van der Waals surface area contributed by atoms with Crippen LogP contribution in [-0.4, -0.2) is 42.3 Å². The van der Waals surface area contributed by atoms with Crippen LogP contribution in [0, 0.1) is 11.8 Å². The van der Waals surface area contributed by atoms with E-state index in [1.807, 2.05) is 25.7 Å². The molecular formula is C18H36N2O2. The van der Waals surface area contributed by atoms with Gasteiger partial charge in [0.25, 0.3) is 0 Å². The molecule has 1 saturated heterocycles. The van der Waals surface area contributed by atoms with Crippen LogP contribution in [0.25, 0.3) is 0 Å². The predicted octanol–water partition coefficient (Wildman–Crippen LogP) is 4.05. The molecule has 0 aromatic heterocycles. The molecule has 1 fully saturated rings. The zero-order valence-electron chi connectivity index (χ0n) is 15.4. The third-order valence-corrected chi connectivity index (χ3v) is 4.21. The summed E-state index contributed by atoms with van der Waals surface area (Å²) < 4.78 is 5.49. The molecule has 1 amide bonds. The number of likely N-dealkylation sites (tertiary alicyclic amines) is 1. The Balaban J connectivity index is 2.47. The topological polar surface area (TPSA) is 41.6 Å². The van der Waals surface area contributed by atoms with Crippen molar-refractivity contribution in [2.24, 2.45) is 11.8 Å². The minimum Gasteiger partial charge on any atom is -0.444 e. The monoisotopic (exact) mass is 312 g/mol. The van der Waals surface area contributed by atoms with Gasteiger partial charge in [-0.05, 0) is 52.0 Å². The lowest BCUT2D eigenvalue weighted by Gasteiger charge is -2.27. The first-order valence-corrected chi connectivity index (χ1v) is 8.94. The van der Waals surface area contributed by atoms with Crippen LogP contribution in [0.3, 0.4) is 0 Å². The molecule has 1 rings (SSSR count). The van der Waals surface area contributed by atoms with E-state index >= 15 is 0 Å². The van der Waals surface area contributed by atoms with E-state index in [2.05, 4.69) is 26.1 Å². The van der Waals surface area contributed by atoms with Crippen LogP contribution in [0.4, 0.5) is 4.79 Å². The summed E-state index contributed by atoms with van der Waals surface area (Å²) in [4.78, 5) is 14.1. The molecule has 130 valence electrons. The van der Waals surface area contributed by atoms with Gasteiger partial charge in [0.05, 0.1) is 0 Å². The smallest absolute Gasteiger partial charge is 0.410 e. The van der Waals surface area contributed by atoms with Gasteiger partial charge in [-0.1, -0.05) is 33.6 Å². The molecule has 1 N–H and O–H groups in total. The molecule has 1 heterocycles. The summed E-state index contributed by atoms with van der Waals surface area (Å²) in [5.41, 5.74) is -0.409. The molecule has 2 atom stereocenters. The highest BCUT2D eigenvalue weighted by atomic mass is 16.6. The number of nitrogens with one attached hydrogen (secondary N) is 1. The van der Waals surface area contributed by atoms with Gasteiger partial charge < -0.3 is 15.0 Å². The number of amides is 1. The van der Waals surface area contributed by atoms with Crippen molar-refractivity contribution in [1.82, 2.24) is 10.2 Å². The van der Waals surface area contributed by atoms with Gasteiger partial charge in [-0.3, -0.25) is 0 Å². The summed E-state index contributed by atoms with van der Waals surface area (Å²) in [7, 11) is 0. The Morgan fingerprint density at radius 1 is 1.32 bits per heavy atom. The Labute approximate surface area is 137 Å². The van der Waals surface area contributed by atoms with E-state index in [0.29, 0.717) is 12.0 Å². The van der Waals surface area contributed by atoms with Crippen LogP contribution in [0.5, 0.6) is 0 Å². The lowest BCUT2D eigenvalue weighted by molar-refractivity contribution is 0.0285. The van der Waals surface area contributed by atoms with Crippen LogP contribution in [-0.2, 0) is 4.74 Å². The van der Waals surface area contributed by atoms with Crippen molar-refractivity contribution >= 4 is 6.09 Å². The van der Waals surface area contributed by atoms with E-state index in [9.17, 15) is 4.79 Å². The van der Waals surface area contributed by atoms with Crippen molar-refractivity contribution in [3.63, 3.8) is 0 Å². The summed E-state index contributed by atoms with van der Waals surface area (Å²) in [5, 5.41) is 3.63. The molecule has 22 heavy (non-hydrogen) atoms. The van der Waals surface area contributed by atoms with Gasteiger partial charge in [-0.25, -0.2) is 4.79 Å². The molecule has 1 aliphatic heterocycles. The maximum absolute atomic E-state index is 12.2. The highest BCUT2D eigenvalue weighted by Crippen LogP contribution is 2.25. The summed E-state index contributed by atoms with van der Waals surface area (Å²) in [6.45, 7) is 15.1. The second-order valence-corrected chi connectivity index (χ2v) is 7.96. The first-order valence-electron chi connectivity index (χ1n) is 8.94. The zero-order chi connectivity index (χ0) is 16.8. The van der Waals surface area contributed by atoms with Crippen LogP contribution in [0.2, 0.25) is 0 Å². The van der Waals surface area contributed by atoms with E-state index in [1.165, 1.54) is 19.3 Å². The summed E-state index contributed by atoms with van der Waals surface area (Å²) in [6, 6.07) is 0.524. The van der Waals surface area contributed by atoms with E-state index in [0.717, 1.165) is 32.0 Å². The standard InChI is InChI=1S/C18H36N2O2/c1-7-19-16(10-8-9-14(2)3)15-11-12-20(13-15)17(21)22-18(4,5)6/h14-16,19H,7-13H2,1-6H3. The van der Waals surface area contributed by atoms with Crippen molar-refractivity contribution in [1.29, 1.82) is 0 Å². The SMILES string of the molecule is CCNC(CCCC(C)C)C1CCN(C(=O)OC(C)(C)C)C1. The van der Waals surface area contributed by atoms with Crippen LogP contribution in [0.1, 0.15) is 67.2 Å². The molecule has 2 unspecified atom stereocenters. The van der Waals surface area contributed by atoms with E-state index in [1.54, 1.807) is 0 Å². The number of nitrogens with zero attached hydrogens (tertiary/aromatic N) is 1. The second kappa shape index (κ2) is 8.76. The van der Waals surface area contributed by atoms with Gasteiger partial charge >= 0.3 is 6.09 Å². The molecule has 0 saturated carbocycles. The fraction of sp³-hybridized carbons (Fsp3) is 0.944. The Bertz CT molecular complexity index is 336. The van der Waals surface area contributed by atoms with E-state index in [4.69, 9.17) is 4.74 Å². The van der Waals surface area contributed by atoms with Crippen molar-refractivity contribution in [3.8, 4) is 0 Å². The molecule has 0 radical (unpaired) electrons. The normalized spacial score (nSPS) is 20.5. The highest BCUT2D eigenvalue weighted by Gasteiger charge is 2.33. The van der Waals surface area contributed by atoms with Gasteiger partial charge in [0.1, 0.15) is 5.60 Å². The number of carbonyl (C=O) groups excluding carboxylic acids is 1. The Hall–Kier alpha value is -0.770. The summed E-state index contributed by atoms with van der Waals surface area (Å²) >= 11 is 0. The number of ether oxygens (including phenoxy) is 1. The second-order valence-electron chi connectivity index (χ2n) is 7.96. The lowest BCUT2D eigenvalue weighted by Crippen LogP contribution is -2.40. The van der Waals surface area contributed by atoms with E-state index in [-0.39, 0.29) is 6.09 Å². The third-order valence-electron chi connectivity index (χ3n) is 4.21. The summed E-state index contributed by atoms with van der Waals surface area (Å²) in [6.07, 6.45) is 4.67. The lowest BCUT2D eigenvalue weighted by atomic mass is 9.92. The predicted molar refractivity (Wildman–Crippen MR) is 92.1 cm³/mol. The average molecular weight is 312 g/mol. The number of hydrogen-bond donors (Lipinski definition) is 1. The fourth-order valence-corrected chi connectivity index (χ4v) is 3.12. The van der Waals surface area contributed by atoms with Gasteiger partial charge in [0, 0.05) is 19.1 Å². The maximum Gasteiger partial charge on any atom is 0.410 e. The molecule has 0 bridgehead atoms. The average Bonchev–Trinajstić information content (AvgIpc) is 2.84. The van der Waals surface area contributed by atoms with Crippen LogP contribution in [0.15, 0.2) is 0 Å². The van der Waals surface area contributed by atoms with Gasteiger partial charge in [0.15, 0.2) is 0 Å². The van der Waals surface area contributed by atoms with Crippen molar-refractivity contribution < 1.29 is 9.53 Å². The van der Waals surface area contributed by atoms with Crippen molar-refractivity contribution in [3.05, 3.63) is 0 Å². The highest BCUT2D eigenvalue weighted by molar-refractivity contribution is 5.68. The molecule has 1 aliphatic rings. The quantitative estimate of drug-likeness (QED) is 0.771. The molecule has 0 aromatic rings. The number of hydrogen-bond acceptors (Lipinski definition) is 3. The zero-order valence-corrected chi connectivity index (χ0v) is 15.4. The fourth-order valence-electron chi connectivity index (χ4n) is 3.12. The van der Waals surface area contributed by atoms with E-state index < -0.39 is 5.60 Å². The van der Waals surface area contributed by atoms with Gasteiger partial charge in [-0.15, -0.1) is 0 Å². The molecule has 4 heteroatoms. The first kappa shape index (κ1) is 19.3. The third kappa shape index (κ3) is 6.99. The van der Waals surface area contributed by atoms with Gasteiger partial charge in [-0.2, -0.15) is 0 Å². The van der Waals surface area contributed by atoms with Crippen molar-refractivity contribution in [2.75, 3.05) is 19.6 Å². The van der Waals surface area contributed by atoms with Crippen molar-refractivity contribution in [2.45, 2.75) is 78.9 Å². The number of carbonyl (C=O) groups is 1. The Morgan fingerprint density at radius 2 is 2.00 bits per heavy atom.